The van der Waals surface area contributed by atoms with E-state index < -0.39 is 6.67 Å². The number of halogens is 1. The minimum absolute atomic E-state index is 0.303. The minimum atomic E-state index is -0.397. The maximum atomic E-state index is 12.1. The molecule has 1 N–H and O–H groups in total. The molecule has 0 atom stereocenters. The van der Waals surface area contributed by atoms with Crippen molar-refractivity contribution in [2.24, 2.45) is 0 Å². The van der Waals surface area contributed by atoms with Crippen molar-refractivity contribution in [3.05, 3.63) is 72.7 Å². The molecule has 0 aliphatic carbocycles. The van der Waals surface area contributed by atoms with Gasteiger partial charge in [0.15, 0.2) is 5.82 Å². The lowest BCUT2D eigenvalue weighted by Crippen LogP contribution is -2.09. The third kappa shape index (κ3) is 5.70. The van der Waals surface area contributed by atoms with Crippen LogP contribution >= 0.6 is 0 Å². The highest BCUT2D eigenvalue weighted by Crippen LogP contribution is 2.15. The van der Waals surface area contributed by atoms with Crippen molar-refractivity contribution >= 4 is 17.8 Å². The number of pyridine rings is 1. The second-order valence-electron chi connectivity index (χ2n) is 5.78. The number of carbonyl (C=O) groups is 1. The molecule has 0 saturated heterocycles. The number of amides is 1. The third-order valence-electron chi connectivity index (χ3n) is 3.70. The Morgan fingerprint density at radius 2 is 1.86 bits per heavy atom. The molecule has 3 aromatic rings. The normalized spacial score (nSPS) is 10.8. The molecule has 142 valence electrons. The van der Waals surface area contributed by atoms with Crippen LogP contribution in [0.25, 0.3) is 17.5 Å². The number of rotatable bonds is 8. The smallest absolute Gasteiger partial charge is 0.249 e. The number of benzene rings is 1. The number of carbonyl (C=O) groups excluding carboxylic acids is 1. The monoisotopic (exact) mass is 378 g/mol. The second-order valence-corrected chi connectivity index (χ2v) is 5.78. The van der Waals surface area contributed by atoms with Gasteiger partial charge in [0, 0.05) is 36.7 Å². The highest BCUT2D eigenvalue weighted by Gasteiger charge is 2.04. The van der Waals surface area contributed by atoms with Crippen LogP contribution in [0.15, 0.2) is 67.1 Å². The number of hydrogen-bond acceptors (Lipinski definition) is 5. The van der Waals surface area contributed by atoms with E-state index >= 15 is 0 Å². The molecule has 1 aromatic carbocycles. The first-order chi connectivity index (χ1) is 13.7. The van der Waals surface area contributed by atoms with E-state index in [0.717, 1.165) is 11.1 Å². The van der Waals surface area contributed by atoms with Crippen molar-refractivity contribution in [3.63, 3.8) is 0 Å². The van der Waals surface area contributed by atoms with E-state index in [2.05, 4.69) is 20.3 Å². The number of nitrogens with zero attached hydrogens (tertiary/aromatic N) is 3. The molecule has 0 aliphatic heterocycles. The summed E-state index contributed by atoms with van der Waals surface area (Å²) in [7, 11) is 0. The van der Waals surface area contributed by atoms with Gasteiger partial charge in [-0.25, -0.2) is 9.97 Å². The quantitative estimate of drug-likeness (QED) is 0.475. The van der Waals surface area contributed by atoms with Crippen LogP contribution in [0.2, 0.25) is 0 Å². The van der Waals surface area contributed by atoms with E-state index in [0.29, 0.717) is 30.4 Å². The first kappa shape index (κ1) is 19.2. The van der Waals surface area contributed by atoms with Crippen molar-refractivity contribution in [3.8, 4) is 17.1 Å². The van der Waals surface area contributed by atoms with Gasteiger partial charge in [0.25, 0.3) is 0 Å². The first-order valence-corrected chi connectivity index (χ1v) is 8.76. The van der Waals surface area contributed by atoms with Gasteiger partial charge in [-0.2, -0.15) is 0 Å². The van der Waals surface area contributed by atoms with Crippen LogP contribution in [0.1, 0.15) is 12.0 Å². The van der Waals surface area contributed by atoms with Crippen LogP contribution in [0.4, 0.5) is 10.2 Å². The average molecular weight is 378 g/mol. The highest BCUT2D eigenvalue weighted by atomic mass is 19.1. The molecule has 7 heteroatoms. The summed E-state index contributed by atoms with van der Waals surface area (Å²) in [6, 6.07) is 12.4. The Kier molecular flexibility index (Phi) is 6.78. The lowest BCUT2D eigenvalue weighted by Gasteiger charge is -2.05. The Labute approximate surface area is 162 Å². The summed E-state index contributed by atoms with van der Waals surface area (Å²) in [5.74, 6) is 1.28. The number of hydrogen-bond donors (Lipinski definition) is 1. The molecule has 2 aromatic heterocycles. The summed E-state index contributed by atoms with van der Waals surface area (Å²) in [5.41, 5.74) is 1.66. The van der Waals surface area contributed by atoms with Crippen LogP contribution in [-0.2, 0) is 4.79 Å². The molecule has 3 rings (SSSR count). The van der Waals surface area contributed by atoms with E-state index in [-0.39, 0.29) is 5.91 Å². The third-order valence-corrected chi connectivity index (χ3v) is 3.70. The average Bonchev–Trinajstić information content (AvgIpc) is 2.74. The second kappa shape index (κ2) is 9.91. The number of alkyl halides is 1. The van der Waals surface area contributed by atoms with Gasteiger partial charge in [0.05, 0.1) is 13.3 Å². The van der Waals surface area contributed by atoms with Crippen molar-refractivity contribution in [2.75, 3.05) is 18.6 Å². The van der Waals surface area contributed by atoms with E-state index in [1.54, 1.807) is 55.0 Å². The van der Waals surface area contributed by atoms with Crippen molar-refractivity contribution in [1.29, 1.82) is 0 Å². The van der Waals surface area contributed by atoms with Crippen molar-refractivity contribution in [1.82, 2.24) is 15.0 Å². The van der Waals surface area contributed by atoms with Crippen LogP contribution in [-0.4, -0.2) is 34.1 Å². The maximum absolute atomic E-state index is 12.1. The van der Waals surface area contributed by atoms with Gasteiger partial charge in [0.2, 0.25) is 5.91 Å². The summed E-state index contributed by atoms with van der Waals surface area (Å²) in [4.78, 5) is 24.6. The van der Waals surface area contributed by atoms with Crippen LogP contribution < -0.4 is 10.1 Å². The standard InChI is InChI=1S/C21H19FN4O2/c22-11-1-15-28-18-5-2-16(3-6-18)4-7-20(27)25-19-10-14-24-21(26-19)17-8-12-23-13-9-17/h2-10,12-14H,1,11,15H2,(H,24,25,26,27)/b7-4+. The van der Waals surface area contributed by atoms with E-state index in [1.165, 1.54) is 6.08 Å². The lowest BCUT2D eigenvalue weighted by molar-refractivity contribution is -0.111. The minimum Gasteiger partial charge on any atom is -0.493 e. The molecule has 6 nitrogen and oxygen atoms in total. The molecule has 0 fully saturated rings. The summed E-state index contributed by atoms with van der Waals surface area (Å²) in [6.45, 7) is -0.0547. The zero-order valence-corrected chi connectivity index (χ0v) is 15.1. The van der Waals surface area contributed by atoms with Gasteiger partial charge in [0.1, 0.15) is 11.6 Å². The highest BCUT2D eigenvalue weighted by molar-refractivity contribution is 6.01. The Morgan fingerprint density at radius 1 is 1.07 bits per heavy atom. The summed E-state index contributed by atoms with van der Waals surface area (Å²) in [5, 5.41) is 2.72. The Bertz CT molecular complexity index is 931. The predicted molar refractivity (Wildman–Crippen MR) is 105 cm³/mol. The Balaban J connectivity index is 1.58. The molecule has 28 heavy (non-hydrogen) atoms. The fraction of sp³-hybridized carbons (Fsp3) is 0.143. The molecular weight excluding hydrogens is 359 g/mol. The topological polar surface area (TPSA) is 77.0 Å². The number of ether oxygens (including phenoxy) is 1. The Morgan fingerprint density at radius 3 is 2.61 bits per heavy atom. The largest absolute Gasteiger partial charge is 0.493 e. The number of aromatic nitrogens is 3. The SMILES string of the molecule is O=C(/C=C/c1ccc(OCCCF)cc1)Nc1ccnc(-c2ccncc2)n1. The van der Waals surface area contributed by atoms with Crippen molar-refractivity contribution in [2.45, 2.75) is 6.42 Å². The molecular formula is C21H19FN4O2. The summed E-state index contributed by atoms with van der Waals surface area (Å²) < 4.78 is 17.5. The van der Waals surface area contributed by atoms with Crippen LogP contribution in [0.3, 0.4) is 0 Å². The zero-order chi connectivity index (χ0) is 19.6. The fourth-order valence-corrected chi connectivity index (χ4v) is 2.33. The molecule has 0 aliphatic rings. The van der Waals surface area contributed by atoms with Gasteiger partial charge < -0.3 is 10.1 Å². The van der Waals surface area contributed by atoms with Crippen molar-refractivity contribution < 1.29 is 13.9 Å². The van der Waals surface area contributed by atoms with Gasteiger partial charge in [-0.15, -0.1) is 0 Å². The number of nitrogens with one attached hydrogen (secondary N) is 1. The summed E-state index contributed by atoms with van der Waals surface area (Å²) in [6.07, 6.45) is 8.38. The molecule has 0 radical (unpaired) electrons. The zero-order valence-electron chi connectivity index (χ0n) is 15.1. The lowest BCUT2D eigenvalue weighted by atomic mass is 10.2. The molecule has 2 heterocycles. The van der Waals surface area contributed by atoms with Crippen LogP contribution in [0.5, 0.6) is 5.75 Å². The first-order valence-electron chi connectivity index (χ1n) is 8.76. The summed E-state index contributed by atoms with van der Waals surface area (Å²) >= 11 is 0. The van der Waals surface area contributed by atoms with Gasteiger partial charge in [-0.1, -0.05) is 12.1 Å². The molecule has 0 unspecified atom stereocenters. The Hall–Kier alpha value is -3.61. The van der Waals surface area contributed by atoms with E-state index in [4.69, 9.17) is 4.74 Å². The fourth-order valence-electron chi connectivity index (χ4n) is 2.33. The van der Waals surface area contributed by atoms with E-state index in [9.17, 15) is 9.18 Å². The van der Waals surface area contributed by atoms with Gasteiger partial charge in [-0.3, -0.25) is 14.2 Å². The molecule has 0 saturated carbocycles. The number of anilines is 1. The van der Waals surface area contributed by atoms with Crippen LogP contribution in [0, 0.1) is 0 Å². The predicted octanol–water partition coefficient (Wildman–Crippen LogP) is 3.93. The molecule has 1 amide bonds. The molecule has 0 bridgehead atoms. The molecule has 0 spiro atoms. The van der Waals surface area contributed by atoms with Gasteiger partial charge >= 0.3 is 0 Å². The van der Waals surface area contributed by atoms with E-state index in [1.807, 2.05) is 12.1 Å². The van der Waals surface area contributed by atoms with Gasteiger partial charge in [-0.05, 0) is 42.0 Å². The maximum Gasteiger partial charge on any atom is 0.249 e.